The summed E-state index contributed by atoms with van der Waals surface area (Å²) in [5, 5.41) is 8.35. The number of hydrogen-bond donors (Lipinski definition) is 0. The summed E-state index contributed by atoms with van der Waals surface area (Å²) in [4.78, 5) is 0. The van der Waals surface area contributed by atoms with Gasteiger partial charge in [0.1, 0.15) is 17.4 Å². The highest BCUT2D eigenvalue weighted by Gasteiger charge is 2.16. The van der Waals surface area contributed by atoms with E-state index in [-0.39, 0.29) is 17.7 Å². The molecule has 0 saturated carbocycles. The van der Waals surface area contributed by atoms with Gasteiger partial charge in [-0.2, -0.15) is 0 Å². The van der Waals surface area contributed by atoms with Gasteiger partial charge in [0.2, 0.25) is 0 Å². The maximum Gasteiger partial charge on any atom is 0.276 e. The van der Waals surface area contributed by atoms with Crippen LogP contribution >= 0.6 is 11.8 Å². The van der Waals surface area contributed by atoms with Crippen molar-refractivity contribution in [1.82, 2.24) is 10.2 Å². The van der Waals surface area contributed by atoms with Crippen molar-refractivity contribution in [3.05, 3.63) is 60.0 Å². The monoisotopic (exact) mass is 380 g/mol. The smallest absolute Gasteiger partial charge is 0.276 e. The average Bonchev–Trinajstić information content (AvgIpc) is 3.11. The van der Waals surface area contributed by atoms with Crippen LogP contribution < -0.4 is 4.74 Å². The largest absolute Gasteiger partial charge is 0.481 e. The van der Waals surface area contributed by atoms with E-state index in [1.165, 1.54) is 48.2 Å². The predicted molar refractivity (Wildman–Crippen MR) is 93.2 cm³/mol. The molecule has 0 fully saturated rings. The van der Waals surface area contributed by atoms with Crippen LogP contribution in [0.15, 0.2) is 58.0 Å². The van der Waals surface area contributed by atoms with Gasteiger partial charge in [0.05, 0.1) is 12.7 Å². The Kier molecular flexibility index (Phi) is 6.40. The van der Waals surface area contributed by atoms with Crippen molar-refractivity contribution < 1.29 is 22.7 Å². The van der Waals surface area contributed by atoms with Crippen molar-refractivity contribution >= 4 is 11.8 Å². The minimum Gasteiger partial charge on any atom is -0.481 e. The third kappa shape index (κ3) is 5.40. The number of hydrogen-bond acceptors (Lipinski definition) is 6. The van der Waals surface area contributed by atoms with Crippen molar-refractivity contribution in [2.45, 2.75) is 30.8 Å². The Morgan fingerprint density at radius 1 is 1.27 bits per heavy atom. The van der Waals surface area contributed by atoms with Gasteiger partial charge in [0.25, 0.3) is 11.1 Å². The first-order chi connectivity index (χ1) is 12.6. The first-order valence-corrected chi connectivity index (χ1v) is 9.12. The molecule has 2 unspecified atom stereocenters. The molecule has 0 spiro atoms. The summed E-state index contributed by atoms with van der Waals surface area (Å²) in [6, 6.07) is 5.72. The first-order valence-electron chi connectivity index (χ1n) is 8.14. The van der Waals surface area contributed by atoms with Crippen LogP contribution in [0.25, 0.3) is 0 Å². The van der Waals surface area contributed by atoms with E-state index in [9.17, 15) is 8.78 Å². The van der Waals surface area contributed by atoms with Crippen molar-refractivity contribution in [3.63, 3.8) is 0 Å². The number of allylic oxidation sites excluding steroid dienone is 2. The second-order valence-electron chi connectivity index (χ2n) is 5.56. The minimum absolute atomic E-state index is 0.0996. The molecule has 0 radical (unpaired) electrons. The molecule has 0 amide bonds. The van der Waals surface area contributed by atoms with Crippen molar-refractivity contribution in [3.8, 4) is 5.75 Å². The molecule has 0 saturated heterocycles. The summed E-state index contributed by atoms with van der Waals surface area (Å²) in [7, 11) is 0. The van der Waals surface area contributed by atoms with Gasteiger partial charge in [-0.05, 0) is 49.8 Å². The molecule has 0 N–H and O–H groups in total. The van der Waals surface area contributed by atoms with Crippen molar-refractivity contribution in [1.29, 1.82) is 0 Å². The SMILES string of the molecule is CC(Oc1ccc(F)cc1)c1nnc(SCCOC2C=CC(F)=CC2)o1. The number of aromatic nitrogens is 2. The summed E-state index contributed by atoms with van der Waals surface area (Å²) in [6.45, 7) is 2.25. The molecule has 1 aliphatic carbocycles. The van der Waals surface area contributed by atoms with Gasteiger partial charge in [-0.3, -0.25) is 0 Å². The lowest BCUT2D eigenvalue weighted by Gasteiger charge is -2.14. The van der Waals surface area contributed by atoms with Gasteiger partial charge in [-0.15, -0.1) is 10.2 Å². The molecule has 1 aliphatic rings. The normalized spacial score (nSPS) is 17.8. The summed E-state index contributed by atoms with van der Waals surface area (Å²) in [6.07, 6.45) is 4.61. The van der Waals surface area contributed by atoms with Gasteiger partial charge in [0.15, 0.2) is 6.10 Å². The van der Waals surface area contributed by atoms with E-state index in [4.69, 9.17) is 13.9 Å². The van der Waals surface area contributed by atoms with Crippen molar-refractivity contribution in [2.24, 2.45) is 0 Å². The maximum absolute atomic E-state index is 12.9. The third-order valence-corrected chi connectivity index (χ3v) is 4.34. The summed E-state index contributed by atoms with van der Waals surface area (Å²) in [5.74, 6) is 0.938. The quantitative estimate of drug-likeness (QED) is 0.491. The fraction of sp³-hybridized carbons (Fsp3) is 0.333. The zero-order valence-corrected chi connectivity index (χ0v) is 14.9. The van der Waals surface area contributed by atoms with E-state index in [1.807, 2.05) is 0 Å². The van der Waals surface area contributed by atoms with Gasteiger partial charge in [0, 0.05) is 5.75 Å². The fourth-order valence-corrected chi connectivity index (χ4v) is 2.83. The Morgan fingerprint density at radius 2 is 2.08 bits per heavy atom. The Morgan fingerprint density at radius 3 is 2.81 bits per heavy atom. The van der Waals surface area contributed by atoms with Crippen LogP contribution in [-0.4, -0.2) is 28.7 Å². The number of nitrogens with zero attached hydrogens (tertiary/aromatic N) is 2. The second kappa shape index (κ2) is 8.95. The second-order valence-corrected chi connectivity index (χ2v) is 6.61. The number of halogens is 2. The highest BCUT2D eigenvalue weighted by Crippen LogP contribution is 2.24. The van der Waals surface area contributed by atoms with E-state index in [2.05, 4.69) is 10.2 Å². The lowest BCUT2D eigenvalue weighted by molar-refractivity contribution is 0.0990. The molecule has 0 bridgehead atoms. The molecular formula is C18H18F2N2O3S. The van der Waals surface area contributed by atoms with Gasteiger partial charge in [-0.25, -0.2) is 8.78 Å². The third-order valence-electron chi connectivity index (χ3n) is 3.55. The highest BCUT2D eigenvalue weighted by atomic mass is 32.2. The van der Waals surface area contributed by atoms with E-state index in [0.717, 1.165) is 0 Å². The Balaban J connectivity index is 1.41. The van der Waals surface area contributed by atoms with Crippen LogP contribution in [-0.2, 0) is 4.74 Å². The molecule has 1 aromatic heterocycles. The molecule has 138 valence electrons. The standard InChI is InChI=1S/C18H18F2N2O3S/c1-12(24-16-8-4-14(20)5-9-16)17-21-22-18(25-17)26-11-10-23-15-6-2-13(19)3-7-15/h2-6,8-9,12,15H,7,10-11H2,1H3. The Bertz CT molecular complexity index is 777. The molecule has 2 atom stereocenters. The molecule has 8 heteroatoms. The molecule has 1 aromatic carbocycles. The van der Waals surface area contributed by atoms with E-state index in [0.29, 0.717) is 35.6 Å². The van der Waals surface area contributed by atoms with Crippen LogP contribution in [0.3, 0.4) is 0 Å². The van der Waals surface area contributed by atoms with Gasteiger partial charge >= 0.3 is 0 Å². The zero-order valence-electron chi connectivity index (χ0n) is 14.1. The highest BCUT2D eigenvalue weighted by molar-refractivity contribution is 7.99. The summed E-state index contributed by atoms with van der Waals surface area (Å²) in [5.41, 5.74) is 0. The van der Waals surface area contributed by atoms with Crippen LogP contribution in [0.5, 0.6) is 5.75 Å². The molecule has 26 heavy (non-hydrogen) atoms. The molecule has 3 rings (SSSR count). The lowest BCUT2D eigenvalue weighted by Crippen LogP contribution is -2.13. The molecule has 5 nitrogen and oxygen atoms in total. The van der Waals surface area contributed by atoms with Crippen LogP contribution in [0.4, 0.5) is 8.78 Å². The van der Waals surface area contributed by atoms with Crippen molar-refractivity contribution in [2.75, 3.05) is 12.4 Å². The van der Waals surface area contributed by atoms with Crippen LogP contribution in [0, 0.1) is 5.82 Å². The van der Waals surface area contributed by atoms with E-state index >= 15 is 0 Å². The van der Waals surface area contributed by atoms with E-state index < -0.39 is 6.10 Å². The summed E-state index contributed by atoms with van der Waals surface area (Å²) < 4.78 is 42.6. The van der Waals surface area contributed by atoms with E-state index in [1.54, 1.807) is 13.0 Å². The number of ether oxygens (including phenoxy) is 2. The number of thioether (sulfide) groups is 1. The average molecular weight is 380 g/mol. The minimum atomic E-state index is -0.451. The van der Waals surface area contributed by atoms with Crippen LogP contribution in [0.2, 0.25) is 0 Å². The molecule has 0 aliphatic heterocycles. The number of benzene rings is 1. The summed E-state index contributed by atoms with van der Waals surface area (Å²) >= 11 is 1.37. The first kappa shape index (κ1) is 18.6. The number of rotatable bonds is 8. The zero-order chi connectivity index (χ0) is 18.4. The predicted octanol–water partition coefficient (Wildman–Crippen LogP) is 4.64. The molecule has 2 aromatic rings. The maximum atomic E-state index is 12.9. The van der Waals surface area contributed by atoms with Gasteiger partial charge < -0.3 is 13.9 Å². The Hall–Kier alpha value is -2.19. The lowest BCUT2D eigenvalue weighted by atomic mass is 10.1. The molecule has 1 heterocycles. The Labute approximate surface area is 154 Å². The van der Waals surface area contributed by atoms with Gasteiger partial charge in [-0.1, -0.05) is 17.8 Å². The fourth-order valence-electron chi connectivity index (χ4n) is 2.24. The topological polar surface area (TPSA) is 57.4 Å². The molecular weight excluding hydrogens is 362 g/mol. The van der Waals surface area contributed by atoms with Crippen LogP contribution in [0.1, 0.15) is 25.3 Å².